The maximum Gasteiger partial charge on any atom is 0.256 e. The van der Waals surface area contributed by atoms with Gasteiger partial charge in [-0.1, -0.05) is 0 Å². The normalized spacial score (nSPS) is 18.0. The Morgan fingerprint density at radius 2 is 2.00 bits per heavy atom. The Bertz CT molecular complexity index is 438. The molecule has 0 saturated heterocycles. The first kappa shape index (κ1) is 7.23. The Hall–Kier alpha value is -1.43. The van der Waals surface area contributed by atoms with Gasteiger partial charge in [-0.15, -0.1) is 0 Å². The van der Waals surface area contributed by atoms with Crippen LogP contribution in [-0.4, -0.2) is 18.4 Å². The molecule has 2 rings (SSSR count). The molecule has 5 nitrogen and oxygen atoms in total. The number of sulfonamides is 1. The average molecular weight is 183 g/mol. The second-order valence-electron chi connectivity index (χ2n) is 2.24. The molecule has 0 atom stereocenters. The summed E-state index contributed by atoms with van der Waals surface area (Å²) in [6.45, 7) is 0. The molecular weight excluding hydrogens is 178 g/mol. The van der Waals surface area contributed by atoms with Gasteiger partial charge in [-0.2, -0.15) is 0 Å². The fourth-order valence-corrected chi connectivity index (χ4v) is 1.68. The van der Waals surface area contributed by atoms with Crippen LogP contribution in [0.4, 0.5) is 5.82 Å². The molecule has 0 aliphatic carbocycles. The first-order valence-corrected chi connectivity index (χ1v) is 4.74. The minimum atomic E-state index is -3.33. The number of hydrogen-bond donors (Lipinski definition) is 1. The molecule has 0 radical (unpaired) electrons. The van der Waals surface area contributed by atoms with Crippen LogP contribution in [0.3, 0.4) is 0 Å². The van der Waals surface area contributed by atoms with E-state index in [1.54, 1.807) is 0 Å². The summed E-state index contributed by atoms with van der Waals surface area (Å²) in [6.07, 6.45) is 4.34. The van der Waals surface area contributed by atoms with Crippen LogP contribution < -0.4 is 4.72 Å². The zero-order valence-electron chi connectivity index (χ0n) is 5.93. The largest absolute Gasteiger partial charge is 0.262 e. The Morgan fingerprint density at radius 1 is 1.25 bits per heavy atom. The summed E-state index contributed by atoms with van der Waals surface area (Å²) in [6, 6.07) is 0. The topological polar surface area (TPSA) is 72.0 Å². The predicted octanol–water partition coefficient (Wildman–Crippen LogP) is 0.203. The molecule has 1 N–H and O–H groups in total. The van der Waals surface area contributed by atoms with Crippen LogP contribution in [0, 0.1) is 0 Å². The molecule has 0 fully saturated rings. The monoisotopic (exact) mass is 183 g/mol. The summed E-state index contributed by atoms with van der Waals surface area (Å²) < 4.78 is 24.1. The van der Waals surface area contributed by atoms with Gasteiger partial charge in [-0.25, -0.2) is 13.4 Å². The van der Waals surface area contributed by atoms with Crippen molar-refractivity contribution in [2.45, 2.75) is 0 Å². The van der Waals surface area contributed by atoms with Crippen molar-refractivity contribution >= 4 is 21.9 Å². The Morgan fingerprint density at radius 3 is 2.83 bits per heavy atom. The number of anilines is 1. The number of rotatable bonds is 0. The lowest BCUT2D eigenvalue weighted by Gasteiger charge is -2.09. The van der Waals surface area contributed by atoms with E-state index in [0.717, 1.165) is 5.41 Å². The van der Waals surface area contributed by atoms with E-state index in [2.05, 4.69) is 14.7 Å². The number of nitrogens with zero attached hydrogens (tertiary/aromatic N) is 2. The molecule has 12 heavy (non-hydrogen) atoms. The average Bonchev–Trinajstić information content (AvgIpc) is 2.02. The lowest BCUT2D eigenvalue weighted by molar-refractivity contribution is 0.609. The first-order chi connectivity index (χ1) is 5.67. The van der Waals surface area contributed by atoms with Crippen LogP contribution in [0.5, 0.6) is 0 Å². The minimum Gasteiger partial charge on any atom is -0.262 e. The predicted molar refractivity (Wildman–Crippen MR) is 43.6 cm³/mol. The van der Waals surface area contributed by atoms with Gasteiger partial charge >= 0.3 is 0 Å². The number of fused-ring (bicyclic) bond motifs is 1. The molecule has 2 heterocycles. The van der Waals surface area contributed by atoms with Crippen LogP contribution in [0.25, 0.3) is 6.08 Å². The molecule has 0 bridgehead atoms. The minimum absolute atomic E-state index is 0.278. The van der Waals surface area contributed by atoms with E-state index in [1.807, 2.05) is 0 Å². The van der Waals surface area contributed by atoms with E-state index in [0.29, 0.717) is 5.69 Å². The van der Waals surface area contributed by atoms with Gasteiger partial charge in [0.2, 0.25) is 0 Å². The van der Waals surface area contributed by atoms with E-state index in [1.165, 1.54) is 18.5 Å². The zero-order chi connectivity index (χ0) is 8.60. The van der Waals surface area contributed by atoms with Crippen molar-refractivity contribution < 1.29 is 8.42 Å². The summed E-state index contributed by atoms with van der Waals surface area (Å²) in [7, 11) is -3.33. The Labute approximate surface area is 69.2 Å². The van der Waals surface area contributed by atoms with Crippen LogP contribution in [0.2, 0.25) is 0 Å². The van der Waals surface area contributed by atoms with Crippen molar-refractivity contribution in [1.82, 2.24) is 9.97 Å². The summed E-state index contributed by atoms with van der Waals surface area (Å²) >= 11 is 0. The van der Waals surface area contributed by atoms with Crippen molar-refractivity contribution in [2.75, 3.05) is 4.72 Å². The standard InChI is InChI=1S/C6H5N3O2S/c10-12(11)4-1-5-6(9-12)8-3-2-7-5/h1-4H,(H,8,9). The van der Waals surface area contributed by atoms with Crippen molar-refractivity contribution in [3.63, 3.8) is 0 Å². The van der Waals surface area contributed by atoms with Crippen molar-refractivity contribution in [3.05, 3.63) is 23.5 Å². The van der Waals surface area contributed by atoms with Crippen LogP contribution in [0.1, 0.15) is 5.69 Å². The highest BCUT2D eigenvalue weighted by Gasteiger charge is 2.15. The van der Waals surface area contributed by atoms with E-state index < -0.39 is 10.0 Å². The van der Waals surface area contributed by atoms with E-state index in [4.69, 9.17) is 0 Å². The third kappa shape index (κ3) is 1.16. The molecule has 1 aliphatic heterocycles. The van der Waals surface area contributed by atoms with Crippen molar-refractivity contribution in [3.8, 4) is 0 Å². The fraction of sp³-hybridized carbons (Fsp3) is 0. The molecule has 0 amide bonds. The molecule has 0 aromatic carbocycles. The lowest BCUT2D eigenvalue weighted by Crippen LogP contribution is -2.14. The quantitative estimate of drug-likeness (QED) is 0.623. The lowest BCUT2D eigenvalue weighted by atomic mass is 10.4. The van der Waals surface area contributed by atoms with Gasteiger partial charge in [0.05, 0.1) is 5.41 Å². The smallest absolute Gasteiger partial charge is 0.256 e. The summed E-state index contributed by atoms with van der Waals surface area (Å²) in [5, 5.41) is 1.06. The Balaban J connectivity index is 2.61. The second kappa shape index (κ2) is 2.28. The third-order valence-electron chi connectivity index (χ3n) is 1.37. The van der Waals surface area contributed by atoms with Gasteiger partial charge in [0.1, 0.15) is 5.69 Å². The molecule has 0 spiro atoms. The fourth-order valence-electron chi connectivity index (χ4n) is 0.872. The molecule has 0 unspecified atom stereocenters. The molecule has 1 aliphatic rings. The van der Waals surface area contributed by atoms with E-state index in [-0.39, 0.29) is 5.82 Å². The summed E-state index contributed by atoms with van der Waals surface area (Å²) in [4.78, 5) is 7.72. The highest BCUT2D eigenvalue weighted by molar-refractivity contribution is 7.95. The SMILES string of the molecule is O=S1(=O)C=Cc2nccnc2N1. The maximum absolute atomic E-state index is 10.9. The number of nitrogens with one attached hydrogen (secondary N) is 1. The van der Waals surface area contributed by atoms with Crippen molar-refractivity contribution in [2.24, 2.45) is 0 Å². The van der Waals surface area contributed by atoms with Gasteiger partial charge in [-0.05, 0) is 6.08 Å². The van der Waals surface area contributed by atoms with E-state index >= 15 is 0 Å². The molecule has 0 saturated carbocycles. The first-order valence-electron chi connectivity index (χ1n) is 3.19. The summed E-state index contributed by atoms with van der Waals surface area (Å²) in [5.74, 6) is 0.278. The maximum atomic E-state index is 10.9. The molecule has 62 valence electrons. The molecule has 1 aromatic heterocycles. The number of hydrogen-bond acceptors (Lipinski definition) is 4. The van der Waals surface area contributed by atoms with Gasteiger partial charge in [-0.3, -0.25) is 9.71 Å². The van der Waals surface area contributed by atoms with Crippen LogP contribution in [-0.2, 0) is 10.0 Å². The van der Waals surface area contributed by atoms with E-state index in [9.17, 15) is 8.42 Å². The van der Waals surface area contributed by atoms with Crippen LogP contribution in [0.15, 0.2) is 17.8 Å². The highest BCUT2D eigenvalue weighted by Crippen LogP contribution is 2.17. The Kier molecular flexibility index (Phi) is 1.37. The highest BCUT2D eigenvalue weighted by atomic mass is 32.2. The van der Waals surface area contributed by atoms with Gasteiger partial charge in [0.15, 0.2) is 5.82 Å². The zero-order valence-corrected chi connectivity index (χ0v) is 6.75. The molecule has 6 heteroatoms. The summed E-state index contributed by atoms with van der Waals surface area (Å²) in [5.41, 5.74) is 0.535. The molecule has 1 aromatic rings. The number of aromatic nitrogens is 2. The van der Waals surface area contributed by atoms with Gasteiger partial charge in [0, 0.05) is 12.4 Å². The van der Waals surface area contributed by atoms with Crippen molar-refractivity contribution in [1.29, 1.82) is 0 Å². The van der Waals surface area contributed by atoms with Gasteiger partial charge in [0.25, 0.3) is 10.0 Å². The second-order valence-corrected chi connectivity index (χ2v) is 3.81. The molecular formula is C6H5N3O2S. The van der Waals surface area contributed by atoms with Crippen LogP contribution >= 0.6 is 0 Å². The third-order valence-corrected chi connectivity index (χ3v) is 2.34. The van der Waals surface area contributed by atoms with Gasteiger partial charge < -0.3 is 0 Å².